The van der Waals surface area contributed by atoms with E-state index in [2.05, 4.69) is 24.0 Å². The number of hydrogen-bond donors (Lipinski definition) is 1. The van der Waals surface area contributed by atoms with E-state index in [9.17, 15) is 10.0 Å². The van der Waals surface area contributed by atoms with Crippen molar-refractivity contribution >= 4 is 0 Å². The number of rotatable bonds is 7. The molecule has 0 aliphatic heterocycles. The standard InChI is InChI=1S/C22H24N2O2/c1-2-3-5-8-17-11-13-19(14-12-17)21-16-24(26)22(25)20(23-21)15-18-9-6-4-7-10-18/h4,6-7,9-14,16,26H,2-3,5,8,15H2,1H3. The third kappa shape index (κ3) is 4.39. The van der Waals surface area contributed by atoms with Crippen molar-refractivity contribution in [2.75, 3.05) is 0 Å². The predicted molar refractivity (Wildman–Crippen MR) is 104 cm³/mol. The Bertz CT molecular complexity index is 900. The predicted octanol–water partition coefficient (Wildman–Crippen LogP) is 4.47. The molecule has 0 unspecified atom stereocenters. The van der Waals surface area contributed by atoms with E-state index in [0.717, 1.165) is 17.5 Å². The van der Waals surface area contributed by atoms with Crippen LogP contribution < -0.4 is 5.56 Å². The van der Waals surface area contributed by atoms with Crippen molar-refractivity contribution in [1.82, 2.24) is 9.71 Å². The Labute approximate surface area is 153 Å². The first kappa shape index (κ1) is 17.9. The fraction of sp³-hybridized carbons (Fsp3) is 0.273. The van der Waals surface area contributed by atoms with E-state index in [4.69, 9.17) is 0 Å². The summed E-state index contributed by atoms with van der Waals surface area (Å²) in [5, 5.41) is 9.98. The van der Waals surface area contributed by atoms with Crippen molar-refractivity contribution < 1.29 is 5.21 Å². The molecule has 1 heterocycles. The molecule has 0 radical (unpaired) electrons. The molecule has 4 heteroatoms. The van der Waals surface area contributed by atoms with Gasteiger partial charge >= 0.3 is 5.56 Å². The van der Waals surface area contributed by atoms with Crippen molar-refractivity contribution in [3.8, 4) is 11.3 Å². The Morgan fingerprint density at radius 1 is 0.962 bits per heavy atom. The minimum absolute atomic E-state index is 0.336. The van der Waals surface area contributed by atoms with E-state index in [1.165, 1.54) is 31.0 Å². The van der Waals surface area contributed by atoms with E-state index in [1.807, 2.05) is 42.5 Å². The summed E-state index contributed by atoms with van der Waals surface area (Å²) in [6.45, 7) is 2.20. The molecule has 3 aromatic rings. The van der Waals surface area contributed by atoms with Gasteiger partial charge in [0.1, 0.15) is 5.69 Å². The van der Waals surface area contributed by atoms with Crippen LogP contribution in [0.1, 0.15) is 43.0 Å². The molecule has 0 fully saturated rings. The van der Waals surface area contributed by atoms with Gasteiger partial charge in [-0.3, -0.25) is 4.79 Å². The maximum Gasteiger partial charge on any atom is 0.304 e. The maximum atomic E-state index is 12.2. The second kappa shape index (κ2) is 8.48. The first-order valence-electron chi connectivity index (χ1n) is 9.12. The zero-order valence-corrected chi connectivity index (χ0v) is 15.1. The number of hydrogen-bond acceptors (Lipinski definition) is 3. The second-order valence-electron chi connectivity index (χ2n) is 6.54. The minimum atomic E-state index is -0.478. The van der Waals surface area contributed by atoms with Crippen LogP contribution in [0.4, 0.5) is 0 Å². The average Bonchev–Trinajstić information content (AvgIpc) is 2.67. The molecule has 1 aromatic heterocycles. The molecular formula is C22H24N2O2. The van der Waals surface area contributed by atoms with Gasteiger partial charge in [-0.05, 0) is 24.0 Å². The molecule has 0 saturated carbocycles. The number of nitrogens with zero attached hydrogens (tertiary/aromatic N) is 2. The Morgan fingerprint density at radius 2 is 1.69 bits per heavy atom. The van der Waals surface area contributed by atoms with Gasteiger partial charge in [-0.15, -0.1) is 0 Å². The van der Waals surface area contributed by atoms with Crippen LogP contribution in [0.5, 0.6) is 0 Å². The summed E-state index contributed by atoms with van der Waals surface area (Å²) in [5.41, 5.74) is 3.63. The average molecular weight is 348 g/mol. The van der Waals surface area contributed by atoms with E-state index in [0.29, 0.717) is 22.5 Å². The summed E-state index contributed by atoms with van der Waals surface area (Å²) in [6.07, 6.45) is 6.48. The van der Waals surface area contributed by atoms with E-state index >= 15 is 0 Å². The molecule has 0 saturated heterocycles. The molecule has 2 aromatic carbocycles. The summed E-state index contributed by atoms with van der Waals surface area (Å²) in [6, 6.07) is 17.9. The molecule has 134 valence electrons. The fourth-order valence-electron chi connectivity index (χ4n) is 2.99. The lowest BCUT2D eigenvalue weighted by Gasteiger charge is -2.08. The highest BCUT2D eigenvalue weighted by atomic mass is 16.5. The van der Waals surface area contributed by atoms with Crippen LogP contribution in [0.3, 0.4) is 0 Å². The Morgan fingerprint density at radius 3 is 2.38 bits per heavy atom. The normalized spacial score (nSPS) is 10.8. The number of benzene rings is 2. The number of aromatic nitrogens is 2. The van der Waals surface area contributed by atoms with Crippen LogP contribution in [0.2, 0.25) is 0 Å². The monoisotopic (exact) mass is 348 g/mol. The Hall–Kier alpha value is -2.88. The van der Waals surface area contributed by atoms with Gasteiger partial charge in [0.05, 0.1) is 11.9 Å². The molecule has 4 nitrogen and oxygen atoms in total. The van der Waals surface area contributed by atoms with Crippen molar-refractivity contribution in [2.24, 2.45) is 0 Å². The van der Waals surface area contributed by atoms with Gasteiger partial charge in [-0.1, -0.05) is 74.4 Å². The zero-order valence-electron chi connectivity index (χ0n) is 15.1. The Kier molecular flexibility index (Phi) is 5.84. The van der Waals surface area contributed by atoms with Gasteiger partial charge in [-0.2, -0.15) is 4.73 Å². The van der Waals surface area contributed by atoms with Gasteiger partial charge in [0, 0.05) is 12.0 Å². The van der Waals surface area contributed by atoms with E-state index < -0.39 is 5.56 Å². The molecule has 3 rings (SSSR count). The lowest BCUT2D eigenvalue weighted by molar-refractivity contribution is 0.173. The molecular weight excluding hydrogens is 324 g/mol. The van der Waals surface area contributed by atoms with Gasteiger partial charge in [0.25, 0.3) is 0 Å². The first-order chi connectivity index (χ1) is 12.7. The number of unbranched alkanes of at least 4 members (excludes halogenated alkanes) is 2. The van der Waals surface area contributed by atoms with Crippen LogP contribution in [0.15, 0.2) is 65.6 Å². The lowest BCUT2D eigenvalue weighted by Crippen LogP contribution is -2.24. The first-order valence-corrected chi connectivity index (χ1v) is 9.12. The van der Waals surface area contributed by atoms with Gasteiger partial charge in [0.2, 0.25) is 0 Å². The van der Waals surface area contributed by atoms with Crippen molar-refractivity contribution in [1.29, 1.82) is 0 Å². The molecule has 1 N–H and O–H groups in total. The second-order valence-corrected chi connectivity index (χ2v) is 6.54. The minimum Gasteiger partial charge on any atom is -0.425 e. The summed E-state index contributed by atoms with van der Waals surface area (Å²) in [7, 11) is 0. The van der Waals surface area contributed by atoms with Crippen LogP contribution in [-0.4, -0.2) is 14.9 Å². The lowest BCUT2D eigenvalue weighted by atomic mass is 10.0. The molecule has 0 atom stereocenters. The molecule has 0 spiro atoms. The van der Waals surface area contributed by atoms with E-state index in [-0.39, 0.29) is 0 Å². The Balaban J connectivity index is 1.85. The topological polar surface area (TPSA) is 55.1 Å². The van der Waals surface area contributed by atoms with Crippen LogP contribution >= 0.6 is 0 Å². The maximum absolute atomic E-state index is 12.2. The third-order valence-corrected chi connectivity index (χ3v) is 4.49. The highest BCUT2D eigenvalue weighted by molar-refractivity contribution is 5.58. The zero-order chi connectivity index (χ0) is 18.4. The highest BCUT2D eigenvalue weighted by Gasteiger charge is 2.10. The van der Waals surface area contributed by atoms with Crippen molar-refractivity contribution in [2.45, 2.75) is 39.0 Å². The molecule has 0 bridgehead atoms. The van der Waals surface area contributed by atoms with Crippen molar-refractivity contribution in [3.63, 3.8) is 0 Å². The largest absolute Gasteiger partial charge is 0.425 e. The summed E-state index contributed by atoms with van der Waals surface area (Å²) >= 11 is 0. The molecule has 26 heavy (non-hydrogen) atoms. The fourth-order valence-corrected chi connectivity index (χ4v) is 2.99. The molecule has 0 aliphatic rings. The van der Waals surface area contributed by atoms with Crippen LogP contribution in [0.25, 0.3) is 11.3 Å². The smallest absolute Gasteiger partial charge is 0.304 e. The highest BCUT2D eigenvalue weighted by Crippen LogP contribution is 2.18. The van der Waals surface area contributed by atoms with Gasteiger partial charge < -0.3 is 5.21 Å². The SMILES string of the molecule is CCCCCc1ccc(-c2cn(O)c(=O)c(Cc3ccccc3)n2)cc1. The van der Waals surface area contributed by atoms with Crippen molar-refractivity contribution in [3.05, 3.63) is 88.0 Å². The summed E-state index contributed by atoms with van der Waals surface area (Å²) < 4.78 is 0.635. The van der Waals surface area contributed by atoms with E-state index in [1.54, 1.807) is 0 Å². The summed E-state index contributed by atoms with van der Waals surface area (Å²) in [5.74, 6) is 0. The molecule has 0 aliphatic carbocycles. The molecule has 0 amide bonds. The van der Waals surface area contributed by atoms with Gasteiger partial charge in [0.15, 0.2) is 0 Å². The quantitative estimate of drug-likeness (QED) is 0.506. The third-order valence-electron chi connectivity index (χ3n) is 4.49. The van der Waals surface area contributed by atoms with Gasteiger partial charge in [-0.25, -0.2) is 4.98 Å². The number of aryl methyl sites for hydroxylation is 1. The van der Waals surface area contributed by atoms with Crippen LogP contribution in [-0.2, 0) is 12.8 Å². The van der Waals surface area contributed by atoms with Crippen LogP contribution in [0, 0.1) is 0 Å². The summed E-state index contributed by atoms with van der Waals surface area (Å²) in [4.78, 5) is 16.7.